The van der Waals surface area contributed by atoms with E-state index in [1.807, 2.05) is 18.2 Å². The van der Waals surface area contributed by atoms with Crippen molar-refractivity contribution in [3.8, 4) is 5.75 Å². The summed E-state index contributed by atoms with van der Waals surface area (Å²) in [5.74, 6) is 0.936. The van der Waals surface area contributed by atoms with Crippen molar-refractivity contribution in [1.29, 1.82) is 0 Å². The first kappa shape index (κ1) is 13.2. The average molecular weight is 267 g/mol. The minimum absolute atomic E-state index is 0.250. The first-order chi connectivity index (χ1) is 9.66. The molecule has 104 valence electrons. The van der Waals surface area contributed by atoms with Gasteiger partial charge >= 0.3 is 0 Å². The van der Waals surface area contributed by atoms with Crippen molar-refractivity contribution < 1.29 is 5.11 Å². The van der Waals surface area contributed by atoms with E-state index in [0.717, 1.165) is 18.5 Å². The molecule has 2 aromatic carbocycles. The molecule has 20 heavy (non-hydrogen) atoms. The molecule has 2 nitrogen and oxygen atoms in total. The van der Waals surface area contributed by atoms with E-state index in [9.17, 15) is 5.11 Å². The topological polar surface area (TPSA) is 32.3 Å². The lowest BCUT2D eigenvalue weighted by Gasteiger charge is -2.16. The summed E-state index contributed by atoms with van der Waals surface area (Å²) >= 11 is 0. The Kier molecular flexibility index (Phi) is 3.49. The van der Waals surface area contributed by atoms with Crippen LogP contribution in [0.5, 0.6) is 5.75 Å². The third kappa shape index (κ3) is 2.32. The third-order valence-electron chi connectivity index (χ3n) is 4.31. The monoisotopic (exact) mass is 267 g/mol. The lowest BCUT2D eigenvalue weighted by Crippen LogP contribution is -2.18. The lowest BCUT2D eigenvalue weighted by atomic mass is 9.97. The minimum Gasteiger partial charge on any atom is -0.508 e. The van der Waals surface area contributed by atoms with Crippen molar-refractivity contribution in [2.24, 2.45) is 0 Å². The average Bonchev–Trinajstić information content (AvgIpc) is 2.80. The van der Waals surface area contributed by atoms with Gasteiger partial charge in [0.1, 0.15) is 5.75 Å². The number of fused-ring (bicyclic) bond motifs is 1. The summed E-state index contributed by atoms with van der Waals surface area (Å²) in [5, 5.41) is 13.8. The van der Waals surface area contributed by atoms with Crippen molar-refractivity contribution in [3.63, 3.8) is 0 Å². The summed E-state index contributed by atoms with van der Waals surface area (Å²) in [6.07, 6.45) is 1.06. The molecule has 2 N–H and O–H groups in total. The SMILES string of the molecule is Cc1ccc(O)c2c1C(C)CC2NCc1ccccc1. The number of benzene rings is 2. The summed E-state index contributed by atoms with van der Waals surface area (Å²) in [6.45, 7) is 5.22. The number of phenols is 1. The van der Waals surface area contributed by atoms with Crippen LogP contribution in [0.25, 0.3) is 0 Å². The summed E-state index contributed by atoms with van der Waals surface area (Å²) in [6, 6.07) is 14.5. The van der Waals surface area contributed by atoms with Gasteiger partial charge in [-0.05, 0) is 42.0 Å². The fraction of sp³-hybridized carbons (Fsp3) is 0.333. The number of rotatable bonds is 3. The summed E-state index contributed by atoms with van der Waals surface area (Å²) in [7, 11) is 0. The van der Waals surface area contributed by atoms with Gasteiger partial charge in [0.25, 0.3) is 0 Å². The van der Waals surface area contributed by atoms with E-state index in [2.05, 4.69) is 43.4 Å². The zero-order valence-electron chi connectivity index (χ0n) is 12.1. The van der Waals surface area contributed by atoms with Gasteiger partial charge in [-0.1, -0.05) is 43.3 Å². The van der Waals surface area contributed by atoms with E-state index in [0.29, 0.717) is 11.7 Å². The standard InChI is InChI=1S/C18H21NO/c1-12-8-9-16(20)18-15(10-13(2)17(12)18)19-11-14-6-4-3-5-7-14/h3-9,13,15,19-20H,10-11H2,1-2H3. The van der Waals surface area contributed by atoms with E-state index >= 15 is 0 Å². The Labute approximate surface area is 120 Å². The van der Waals surface area contributed by atoms with Crippen LogP contribution < -0.4 is 5.32 Å². The van der Waals surface area contributed by atoms with Crippen molar-refractivity contribution in [3.05, 3.63) is 64.7 Å². The van der Waals surface area contributed by atoms with Crippen LogP contribution in [0.3, 0.4) is 0 Å². The van der Waals surface area contributed by atoms with Crippen LogP contribution in [-0.2, 0) is 6.54 Å². The molecule has 0 aromatic heterocycles. The molecule has 2 atom stereocenters. The number of phenolic OH excluding ortho intramolecular Hbond substituents is 1. The molecular weight excluding hydrogens is 246 g/mol. The number of aryl methyl sites for hydroxylation is 1. The van der Waals surface area contributed by atoms with Crippen LogP contribution in [-0.4, -0.2) is 5.11 Å². The molecule has 2 unspecified atom stereocenters. The van der Waals surface area contributed by atoms with Crippen molar-refractivity contribution in [2.75, 3.05) is 0 Å². The van der Waals surface area contributed by atoms with Crippen LogP contribution in [0.4, 0.5) is 0 Å². The van der Waals surface area contributed by atoms with Crippen LogP contribution >= 0.6 is 0 Å². The molecule has 0 aliphatic heterocycles. The maximum atomic E-state index is 10.2. The summed E-state index contributed by atoms with van der Waals surface area (Å²) in [5.41, 5.74) is 5.00. The molecule has 3 rings (SSSR count). The second-order valence-electron chi connectivity index (χ2n) is 5.78. The molecule has 0 saturated carbocycles. The molecular formula is C18H21NO. The minimum atomic E-state index is 0.250. The Balaban J connectivity index is 1.83. The summed E-state index contributed by atoms with van der Waals surface area (Å²) < 4.78 is 0. The third-order valence-corrected chi connectivity index (χ3v) is 4.31. The largest absolute Gasteiger partial charge is 0.508 e. The van der Waals surface area contributed by atoms with E-state index < -0.39 is 0 Å². The fourth-order valence-electron chi connectivity index (χ4n) is 3.37. The van der Waals surface area contributed by atoms with E-state index in [4.69, 9.17) is 0 Å². The van der Waals surface area contributed by atoms with Gasteiger partial charge in [0.2, 0.25) is 0 Å². The molecule has 0 amide bonds. The van der Waals surface area contributed by atoms with Gasteiger partial charge in [-0.15, -0.1) is 0 Å². The fourth-order valence-corrected chi connectivity index (χ4v) is 3.37. The maximum Gasteiger partial charge on any atom is 0.120 e. The normalized spacial score (nSPS) is 20.9. The zero-order valence-corrected chi connectivity index (χ0v) is 12.1. The Morgan fingerprint density at radius 2 is 1.85 bits per heavy atom. The predicted octanol–water partition coefficient (Wildman–Crippen LogP) is 4.04. The van der Waals surface area contributed by atoms with Gasteiger partial charge < -0.3 is 10.4 Å². The van der Waals surface area contributed by atoms with Crippen LogP contribution in [0.2, 0.25) is 0 Å². The Morgan fingerprint density at radius 3 is 2.60 bits per heavy atom. The first-order valence-corrected chi connectivity index (χ1v) is 7.26. The van der Waals surface area contributed by atoms with Gasteiger partial charge in [-0.3, -0.25) is 0 Å². The quantitative estimate of drug-likeness (QED) is 0.879. The molecule has 2 heteroatoms. The van der Waals surface area contributed by atoms with Gasteiger partial charge in [0.15, 0.2) is 0 Å². The van der Waals surface area contributed by atoms with Gasteiger partial charge in [0, 0.05) is 18.2 Å². The van der Waals surface area contributed by atoms with Gasteiger partial charge in [-0.2, -0.15) is 0 Å². The molecule has 0 bridgehead atoms. The van der Waals surface area contributed by atoms with Crippen LogP contribution in [0, 0.1) is 6.92 Å². The molecule has 0 fully saturated rings. The number of nitrogens with one attached hydrogen (secondary N) is 1. The Morgan fingerprint density at radius 1 is 1.10 bits per heavy atom. The van der Waals surface area contributed by atoms with Gasteiger partial charge in [-0.25, -0.2) is 0 Å². The van der Waals surface area contributed by atoms with E-state index in [-0.39, 0.29) is 6.04 Å². The maximum absolute atomic E-state index is 10.2. The van der Waals surface area contributed by atoms with Crippen molar-refractivity contribution in [1.82, 2.24) is 5.32 Å². The number of aromatic hydroxyl groups is 1. The molecule has 1 aliphatic carbocycles. The lowest BCUT2D eigenvalue weighted by molar-refractivity contribution is 0.445. The first-order valence-electron chi connectivity index (χ1n) is 7.26. The Hall–Kier alpha value is -1.80. The molecule has 1 aliphatic rings. The van der Waals surface area contributed by atoms with E-state index in [1.165, 1.54) is 16.7 Å². The second kappa shape index (κ2) is 5.29. The van der Waals surface area contributed by atoms with E-state index in [1.54, 1.807) is 0 Å². The van der Waals surface area contributed by atoms with Gasteiger partial charge in [0.05, 0.1) is 0 Å². The highest BCUT2D eigenvalue weighted by molar-refractivity contribution is 5.50. The smallest absolute Gasteiger partial charge is 0.120 e. The summed E-state index contributed by atoms with van der Waals surface area (Å²) in [4.78, 5) is 0. The second-order valence-corrected chi connectivity index (χ2v) is 5.78. The molecule has 0 spiro atoms. The Bertz CT molecular complexity index is 606. The predicted molar refractivity (Wildman–Crippen MR) is 81.9 cm³/mol. The van der Waals surface area contributed by atoms with Crippen molar-refractivity contribution >= 4 is 0 Å². The number of hydrogen-bond acceptors (Lipinski definition) is 2. The molecule has 0 radical (unpaired) electrons. The van der Waals surface area contributed by atoms with Crippen LogP contribution in [0.15, 0.2) is 42.5 Å². The zero-order chi connectivity index (χ0) is 14.1. The highest BCUT2D eigenvalue weighted by Crippen LogP contribution is 2.45. The molecule has 0 saturated heterocycles. The molecule has 2 aromatic rings. The highest BCUT2D eigenvalue weighted by atomic mass is 16.3. The van der Waals surface area contributed by atoms with Crippen molar-refractivity contribution in [2.45, 2.75) is 38.8 Å². The molecule has 0 heterocycles. The highest BCUT2D eigenvalue weighted by Gasteiger charge is 2.31. The van der Waals surface area contributed by atoms with Crippen LogP contribution in [0.1, 0.15) is 47.6 Å². The number of hydrogen-bond donors (Lipinski definition) is 2.